The van der Waals surface area contributed by atoms with Crippen molar-refractivity contribution >= 4 is 18.8 Å². The van der Waals surface area contributed by atoms with Gasteiger partial charge in [-0.05, 0) is 13.8 Å². The molecule has 0 N–H and O–H groups in total. The summed E-state index contributed by atoms with van der Waals surface area (Å²) in [4.78, 5) is 4.11. The molecule has 0 aliphatic rings. The number of hydrogen-bond acceptors (Lipinski definition) is 2. The first-order chi connectivity index (χ1) is 4.66. The van der Waals surface area contributed by atoms with Gasteiger partial charge in [-0.15, -0.1) is 6.21 Å². The van der Waals surface area contributed by atoms with E-state index in [1.807, 2.05) is 33.3 Å². The molecule has 11 heavy (non-hydrogen) atoms. The first kappa shape index (κ1) is 13.9. The number of hydrogen-bond donors (Lipinski definition) is 1. The Balaban J connectivity index is 0. The molecular formula is C8H14NReS-. The molecule has 0 aromatic rings. The van der Waals surface area contributed by atoms with Gasteiger partial charge < -0.3 is 6.42 Å². The van der Waals surface area contributed by atoms with Crippen LogP contribution in [0.1, 0.15) is 20.8 Å². The second-order valence-corrected chi connectivity index (χ2v) is 2.97. The van der Waals surface area contributed by atoms with Gasteiger partial charge in [0.05, 0.1) is 0 Å². The maximum Gasteiger partial charge on any atom is 0.0309 e. The van der Waals surface area contributed by atoms with Crippen molar-refractivity contribution in [3.05, 3.63) is 18.2 Å². The average Bonchev–Trinajstić information content (AvgIpc) is 1.82. The number of nitrogens with zero attached hydrogens (tertiary/aromatic N) is 1. The number of allylic oxidation sites excluding steroid dienone is 1. The van der Waals surface area contributed by atoms with Crippen molar-refractivity contribution in [2.75, 3.05) is 0 Å². The monoisotopic (exact) mass is 343 g/mol. The molecule has 1 radical (unpaired) electrons. The first-order valence-corrected chi connectivity index (χ1v) is 3.87. The molecule has 0 spiro atoms. The van der Waals surface area contributed by atoms with Crippen molar-refractivity contribution in [2.24, 2.45) is 4.99 Å². The third-order valence-electron chi connectivity index (χ3n) is 0.910. The topological polar surface area (TPSA) is 12.4 Å². The zero-order chi connectivity index (χ0) is 7.98. The van der Waals surface area contributed by atoms with Crippen molar-refractivity contribution in [1.82, 2.24) is 0 Å². The van der Waals surface area contributed by atoms with Crippen molar-refractivity contribution in [2.45, 2.75) is 26.0 Å². The van der Waals surface area contributed by atoms with Gasteiger partial charge in [0, 0.05) is 31.4 Å². The summed E-state index contributed by atoms with van der Waals surface area (Å²) in [5.41, 5.74) is 1.01. The van der Waals surface area contributed by atoms with Gasteiger partial charge in [-0.1, -0.05) is 6.08 Å². The fourth-order valence-corrected chi connectivity index (χ4v) is 0.800. The smallest absolute Gasteiger partial charge is 0.0309 e. The summed E-state index contributed by atoms with van der Waals surface area (Å²) in [6.07, 6.45) is 5.69. The first-order valence-electron chi connectivity index (χ1n) is 3.35. The van der Waals surface area contributed by atoms with Gasteiger partial charge >= 0.3 is 0 Å². The summed E-state index contributed by atoms with van der Waals surface area (Å²) in [7, 11) is 0. The molecule has 0 aliphatic carbocycles. The molecule has 1 atom stereocenters. The summed E-state index contributed by atoms with van der Waals surface area (Å²) >= 11 is 4.20. The third kappa shape index (κ3) is 10.3. The van der Waals surface area contributed by atoms with Crippen LogP contribution in [0.4, 0.5) is 0 Å². The minimum atomic E-state index is 0. The Morgan fingerprint density at radius 1 is 1.64 bits per heavy atom. The molecule has 0 saturated heterocycles. The maximum atomic E-state index is 4.20. The van der Waals surface area contributed by atoms with Crippen LogP contribution < -0.4 is 0 Å². The van der Waals surface area contributed by atoms with Gasteiger partial charge in [0.2, 0.25) is 0 Å². The fraction of sp³-hybridized carbons (Fsp3) is 0.500. The van der Waals surface area contributed by atoms with E-state index in [0.29, 0.717) is 0 Å². The largest absolute Gasteiger partial charge is 0.352 e. The minimum Gasteiger partial charge on any atom is -0.352 e. The summed E-state index contributed by atoms with van der Waals surface area (Å²) in [6.45, 7) is 5.92. The fourth-order valence-electron chi connectivity index (χ4n) is 0.584. The molecule has 0 rings (SSSR count). The zero-order valence-corrected chi connectivity index (χ0v) is 10.7. The van der Waals surface area contributed by atoms with Crippen molar-refractivity contribution in [1.29, 1.82) is 0 Å². The SMILES string of the molecule is C[CH-]C=N/C(C)=C\C(C)S.[Re]. The van der Waals surface area contributed by atoms with Gasteiger partial charge in [0.15, 0.2) is 0 Å². The molecule has 0 saturated carbocycles. The summed E-state index contributed by atoms with van der Waals surface area (Å²) in [5, 5.41) is 0.286. The van der Waals surface area contributed by atoms with Crippen LogP contribution in [0.5, 0.6) is 0 Å². The van der Waals surface area contributed by atoms with Crippen molar-refractivity contribution < 1.29 is 20.4 Å². The van der Waals surface area contributed by atoms with E-state index in [1.165, 1.54) is 0 Å². The Labute approximate surface area is 88.4 Å². The van der Waals surface area contributed by atoms with Gasteiger partial charge in [-0.25, -0.2) is 0 Å². The molecule has 3 heteroatoms. The molecular weight excluding hydrogens is 328 g/mol. The predicted molar refractivity (Wildman–Crippen MR) is 50.7 cm³/mol. The number of aliphatic imine (C=N–C) groups is 1. The average molecular weight is 342 g/mol. The summed E-state index contributed by atoms with van der Waals surface area (Å²) < 4.78 is 0. The van der Waals surface area contributed by atoms with E-state index in [-0.39, 0.29) is 25.7 Å². The van der Waals surface area contributed by atoms with E-state index < -0.39 is 0 Å². The molecule has 1 nitrogen and oxygen atoms in total. The quantitative estimate of drug-likeness (QED) is 0.460. The van der Waals surface area contributed by atoms with Gasteiger partial charge in [0.25, 0.3) is 0 Å². The van der Waals surface area contributed by atoms with E-state index in [4.69, 9.17) is 0 Å². The Hall–Kier alpha value is 0.292. The van der Waals surface area contributed by atoms with E-state index >= 15 is 0 Å². The van der Waals surface area contributed by atoms with Crippen molar-refractivity contribution in [3.8, 4) is 0 Å². The van der Waals surface area contributed by atoms with Crippen LogP contribution in [0.25, 0.3) is 0 Å². The van der Waals surface area contributed by atoms with Crippen LogP contribution in [0.3, 0.4) is 0 Å². The molecule has 0 amide bonds. The molecule has 0 aromatic carbocycles. The molecule has 0 aliphatic heterocycles. The molecule has 0 bridgehead atoms. The Morgan fingerprint density at radius 2 is 2.18 bits per heavy atom. The van der Waals surface area contributed by atoms with E-state index in [2.05, 4.69) is 17.6 Å². The second kappa shape index (κ2) is 8.39. The van der Waals surface area contributed by atoms with Crippen LogP contribution in [-0.4, -0.2) is 11.5 Å². The normalized spacial score (nSPS) is 14.4. The second-order valence-electron chi connectivity index (χ2n) is 2.16. The Morgan fingerprint density at radius 3 is 2.55 bits per heavy atom. The van der Waals surface area contributed by atoms with Crippen LogP contribution in [-0.2, 0) is 20.4 Å². The molecule has 0 aromatic heterocycles. The molecule has 1 unspecified atom stereocenters. The van der Waals surface area contributed by atoms with Crippen LogP contribution in [0, 0.1) is 6.42 Å². The van der Waals surface area contributed by atoms with Gasteiger partial charge in [-0.2, -0.15) is 19.6 Å². The summed E-state index contributed by atoms with van der Waals surface area (Å²) in [6, 6.07) is 0. The van der Waals surface area contributed by atoms with E-state index in [0.717, 1.165) is 5.70 Å². The van der Waals surface area contributed by atoms with Gasteiger partial charge in [-0.3, -0.25) is 4.99 Å². The van der Waals surface area contributed by atoms with Crippen LogP contribution in [0.2, 0.25) is 0 Å². The van der Waals surface area contributed by atoms with Gasteiger partial charge in [0.1, 0.15) is 0 Å². The Kier molecular flexibility index (Phi) is 10.6. The predicted octanol–water partition coefficient (Wildman–Crippen LogP) is 2.50. The van der Waals surface area contributed by atoms with Crippen molar-refractivity contribution in [3.63, 3.8) is 0 Å². The zero-order valence-electron chi connectivity index (χ0n) is 7.08. The molecule has 0 heterocycles. The Bertz CT molecular complexity index is 141. The summed E-state index contributed by atoms with van der Waals surface area (Å²) in [5.74, 6) is 0. The molecule has 65 valence electrons. The van der Waals surface area contributed by atoms with E-state index in [9.17, 15) is 0 Å². The van der Waals surface area contributed by atoms with Crippen LogP contribution in [0.15, 0.2) is 16.8 Å². The number of rotatable bonds is 3. The standard InChI is InChI=1S/C8H14NS.Re/c1-4-5-9-7(2)6-8(3)10;/h4-6,8,10H,1-3H3;/q-1;/b7-6-,9-5?;. The third-order valence-corrected chi connectivity index (χ3v) is 1.06. The van der Waals surface area contributed by atoms with E-state index in [1.54, 1.807) is 6.21 Å². The number of thiol groups is 1. The minimum absolute atomic E-state index is 0. The van der Waals surface area contributed by atoms with Crippen LogP contribution >= 0.6 is 12.6 Å². The molecule has 0 fully saturated rings. The maximum absolute atomic E-state index is 4.20.